The van der Waals surface area contributed by atoms with E-state index in [0.717, 1.165) is 37.3 Å². The molecule has 0 atom stereocenters. The third-order valence-corrected chi connectivity index (χ3v) is 2.96. The Bertz CT molecular complexity index is 376. The van der Waals surface area contributed by atoms with Crippen molar-refractivity contribution in [2.45, 2.75) is 19.8 Å². The molecule has 0 aromatic heterocycles. The van der Waals surface area contributed by atoms with E-state index in [9.17, 15) is 4.79 Å². The van der Waals surface area contributed by atoms with Gasteiger partial charge in [-0.15, -0.1) is 0 Å². The van der Waals surface area contributed by atoms with Crippen molar-refractivity contribution in [3.8, 4) is 0 Å². The summed E-state index contributed by atoms with van der Waals surface area (Å²) < 4.78 is 0. The Kier molecular flexibility index (Phi) is 3.57. The summed E-state index contributed by atoms with van der Waals surface area (Å²) in [5.74, 6) is 0.246. The van der Waals surface area contributed by atoms with E-state index in [-0.39, 0.29) is 5.91 Å². The van der Waals surface area contributed by atoms with Gasteiger partial charge in [0.05, 0.1) is 0 Å². The van der Waals surface area contributed by atoms with E-state index in [0.29, 0.717) is 6.42 Å². The van der Waals surface area contributed by atoms with Crippen molar-refractivity contribution >= 4 is 11.6 Å². The molecule has 3 heteroatoms. The highest BCUT2D eigenvalue weighted by molar-refractivity contribution is 5.94. The summed E-state index contributed by atoms with van der Waals surface area (Å²) in [6.45, 7) is 4.64. The number of amides is 1. The first-order valence-electron chi connectivity index (χ1n) is 5.86. The average molecular weight is 218 g/mol. The number of rotatable bonds is 1. The molecule has 1 N–H and O–H groups in total. The number of nitrogens with zero attached hydrogens (tertiary/aromatic N) is 1. The normalized spacial score (nSPS) is 18.1. The lowest BCUT2D eigenvalue weighted by Gasteiger charge is -2.26. The zero-order chi connectivity index (χ0) is 11.4. The molecule has 0 aliphatic carbocycles. The monoisotopic (exact) mass is 218 g/mol. The molecule has 0 radical (unpaired) electrons. The largest absolute Gasteiger partial charge is 0.315 e. The van der Waals surface area contributed by atoms with Gasteiger partial charge in [0.1, 0.15) is 0 Å². The fourth-order valence-corrected chi connectivity index (χ4v) is 2.06. The van der Waals surface area contributed by atoms with Crippen molar-refractivity contribution in [2.24, 2.45) is 0 Å². The van der Waals surface area contributed by atoms with Gasteiger partial charge in [0.25, 0.3) is 0 Å². The van der Waals surface area contributed by atoms with Crippen LogP contribution in [0.4, 0.5) is 5.69 Å². The van der Waals surface area contributed by atoms with Gasteiger partial charge in [-0.25, -0.2) is 0 Å². The molecular weight excluding hydrogens is 200 g/mol. The number of anilines is 1. The molecule has 1 heterocycles. The molecule has 1 aliphatic heterocycles. The summed E-state index contributed by atoms with van der Waals surface area (Å²) in [4.78, 5) is 13.9. The first kappa shape index (κ1) is 11.1. The second-order valence-corrected chi connectivity index (χ2v) is 4.19. The van der Waals surface area contributed by atoms with Crippen LogP contribution in [-0.4, -0.2) is 25.5 Å². The lowest BCUT2D eigenvalue weighted by atomic mass is 10.1. The molecule has 2 rings (SSSR count). The Morgan fingerprint density at radius 1 is 1.25 bits per heavy atom. The summed E-state index contributed by atoms with van der Waals surface area (Å²) in [6.07, 6.45) is 1.57. The third-order valence-electron chi connectivity index (χ3n) is 2.96. The molecule has 16 heavy (non-hydrogen) atoms. The zero-order valence-corrected chi connectivity index (χ0v) is 9.70. The van der Waals surface area contributed by atoms with Gasteiger partial charge in [-0.05, 0) is 31.5 Å². The highest BCUT2D eigenvalue weighted by Crippen LogP contribution is 2.20. The van der Waals surface area contributed by atoms with Crippen molar-refractivity contribution in [2.75, 3.05) is 24.5 Å². The standard InChI is InChI=1S/C13H18N2O/c1-11-5-2-3-6-12(11)15-10-9-14-8-4-7-13(15)16/h2-3,5-6,14H,4,7-10H2,1H3. The summed E-state index contributed by atoms with van der Waals surface area (Å²) in [5.41, 5.74) is 2.22. The van der Waals surface area contributed by atoms with E-state index in [4.69, 9.17) is 0 Å². The van der Waals surface area contributed by atoms with Gasteiger partial charge in [-0.1, -0.05) is 18.2 Å². The summed E-state index contributed by atoms with van der Waals surface area (Å²) in [6, 6.07) is 8.07. The Hall–Kier alpha value is -1.35. The van der Waals surface area contributed by atoms with Crippen LogP contribution in [0.1, 0.15) is 18.4 Å². The Balaban J connectivity index is 2.22. The van der Waals surface area contributed by atoms with E-state index in [1.807, 2.05) is 23.1 Å². The van der Waals surface area contributed by atoms with Crippen LogP contribution in [0.3, 0.4) is 0 Å². The van der Waals surface area contributed by atoms with Crippen molar-refractivity contribution in [3.63, 3.8) is 0 Å². The Morgan fingerprint density at radius 3 is 2.88 bits per heavy atom. The second kappa shape index (κ2) is 5.12. The molecule has 1 aliphatic rings. The predicted molar refractivity (Wildman–Crippen MR) is 65.6 cm³/mol. The van der Waals surface area contributed by atoms with Crippen molar-refractivity contribution in [1.82, 2.24) is 5.32 Å². The zero-order valence-electron chi connectivity index (χ0n) is 9.70. The van der Waals surface area contributed by atoms with Crippen LogP contribution in [0.15, 0.2) is 24.3 Å². The molecule has 0 bridgehead atoms. The smallest absolute Gasteiger partial charge is 0.227 e. The number of hydrogen-bond donors (Lipinski definition) is 1. The minimum absolute atomic E-state index is 0.246. The van der Waals surface area contributed by atoms with E-state index in [1.54, 1.807) is 0 Å². The number of para-hydroxylation sites is 1. The molecule has 86 valence electrons. The highest BCUT2D eigenvalue weighted by Gasteiger charge is 2.17. The topological polar surface area (TPSA) is 32.3 Å². The second-order valence-electron chi connectivity index (χ2n) is 4.19. The average Bonchev–Trinajstić information content (AvgIpc) is 2.26. The number of nitrogens with one attached hydrogen (secondary N) is 1. The Labute approximate surface area is 96.5 Å². The van der Waals surface area contributed by atoms with Crippen LogP contribution in [0.2, 0.25) is 0 Å². The van der Waals surface area contributed by atoms with Gasteiger partial charge < -0.3 is 10.2 Å². The van der Waals surface area contributed by atoms with Gasteiger partial charge >= 0.3 is 0 Å². The maximum atomic E-state index is 12.0. The molecular formula is C13H18N2O. The van der Waals surface area contributed by atoms with E-state index in [1.165, 1.54) is 0 Å². The Morgan fingerprint density at radius 2 is 2.06 bits per heavy atom. The lowest BCUT2D eigenvalue weighted by molar-refractivity contribution is -0.118. The molecule has 3 nitrogen and oxygen atoms in total. The van der Waals surface area contributed by atoms with Crippen LogP contribution in [0.5, 0.6) is 0 Å². The predicted octanol–water partition coefficient (Wildman–Crippen LogP) is 1.71. The number of carbonyl (C=O) groups is 1. The minimum Gasteiger partial charge on any atom is -0.315 e. The first-order chi connectivity index (χ1) is 7.79. The maximum absolute atomic E-state index is 12.0. The van der Waals surface area contributed by atoms with Gasteiger partial charge in [-0.2, -0.15) is 0 Å². The quantitative estimate of drug-likeness (QED) is 0.778. The van der Waals surface area contributed by atoms with E-state index < -0.39 is 0 Å². The van der Waals surface area contributed by atoms with Crippen molar-refractivity contribution in [1.29, 1.82) is 0 Å². The molecule has 0 unspecified atom stereocenters. The first-order valence-corrected chi connectivity index (χ1v) is 5.86. The molecule has 0 spiro atoms. The SMILES string of the molecule is Cc1ccccc1N1CCNCCCC1=O. The molecule has 1 aromatic rings. The maximum Gasteiger partial charge on any atom is 0.227 e. The third kappa shape index (κ3) is 2.42. The van der Waals surface area contributed by atoms with Crippen LogP contribution in [0, 0.1) is 6.92 Å². The summed E-state index contributed by atoms with van der Waals surface area (Å²) in [7, 11) is 0. The number of hydrogen-bond acceptors (Lipinski definition) is 2. The number of benzene rings is 1. The van der Waals surface area contributed by atoms with Crippen LogP contribution in [-0.2, 0) is 4.79 Å². The van der Waals surface area contributed by atoms with Crippen molar-refractivity contribution < 1.29 is 4.79 Å². The summed E-state index contributed by atoms with van der Waals surface area (Å²) in [5, 5.41) is 3.33. The molecule has 1 saturated heterocycles. The highest BCUT2D eigenvalue weighted by atomic mass is 16.2. The molecule has 0 saturated carbocycles. The number of aryl methyl sites for hydroxylation is 1. The van der Waals surface area contributed by atoms with Crippen LogP contribution < -0.4 is 10.2 Å². The summed E-state index contributed by atoms with van der Waals surface area (Å²) >= 11 is 0. The van der Waals surface area contributed by atoms with Gasteiger partial charge in [0, 0.05) is 25.2 Å². The number of carbonyl (C=O) groups excluding carboxylic acids is 1. The fourth-order valence-electron chi connectivity index (χ4n) is 2.06. The molecule has 1 fully saturated rings. The van der Waals surface area contributed by atoms with Gasteiger partial charge in [0.2, 0.25) is 5.91 Å². The fraction of sp³-hybridized carbons (Fsp3) is 0.462. The van der Waals surface area contributed by atoms with Crippen molar-refractivity contribution in [3.05, 3.63) is 29.8 Å². The molecule has 1 aromatic carbocycles. The van der Waals surface area contributed by atoms with E-state index >= 15 is 0 Å². The molecule has 1 amide bonds. The minimum atomic E-state index is 0.246. The lowest BCUT2D eigenvalue weighted by Crippen LogP contribution is -2.40. The van der Waals surface area contributed by atoms with Crippen LogP contribution in [0.25, 0.3) is 0 Å². The van der Waals surface area contributed by atoms with Gasteiger partial charge in [0.15, 0.2) is 0 Å². The van der Waals surface area contributed by atoms with Gasteiger partial charge in [-0.3, -0.25) is 4.79 Å². The van der Waals surface area contributed by atoms with Crippen LogP contribution >= 0.6 is 0 Å². The van der Waals surface area contributed by atoms with E-state index in [2.05, 4.69) is 18.3 Å².